The molecule has 1 aromatic heterocycles. The molecule has 4 nitrogen and oxygen atoms in total. The highest BCUT2D eigenvalue weighted by atomic mass is 35.5. The van der Waals surface area contributed by atoms with Crippen molar-refractivity contribution in [3.63, 3.8) is 0 Å². The first kappa shape index (κ1) is 14.9. The lowest BCUT2D eigenvalue weighted by Gasteiger charge is -2.11. The van der Waals surface area contributed by atoms with Crippen LogP contribution in [0.1, 0.15) is 37.6 Å². The maximum Gasteiger partial charge on any atom is 0.143 e. The van der Waals surface area contributed by atoms with E-state index >= 15 is 0 Å². The zero-order valence-electron chi connectivity index (χ0n) is 11.7. The third-order valence-electron chi connectivity index (χ3n) is 3.29. The summed E-state index contributed by atoms with van der Waals surface area (Å²) in [7, 11) is 0. The normalized spacial score (nSPS) is 12.4. The minimum absolute atomic E-state index is 0.1000. The molecule has 1 unspecified atom stereocenters. The van der Waals surface area contributed by atoms with Gasteiger partial charge in [0, 0.05) is 17.8 Å². The molecule has 0 bridgehead atoms. The van der Waals surface area contributed by atoms with E-state index < -0.39 is 0 Å². The predicted molar refractivity (Wildman–Crippen MR) is 78.9 cm³/mol. The van der Waals surface area contributed by atoms with E-state index in [2.05, 4.69) is 18.9 Å². The van der Waals surface area contributed by atoms with Gasteiger partial charge in [0.05, 0.1) is 17.3 Å². The number of para-hydroxylation sites is 1. The molecule has 20 heavy (non-hydrogen) atoms. The van der Waals surface area contributed by atoms with Gasteiger partial charge >= 0.3 is 0 Å². The second kappa shape index (κ2) is 6.77. The van der Waals surface area contributed by atoms with Crippen LogP contribution in [0.5, 0.6) is 5.75 Å². The number of hydrogen-bond acceptors (Lipinski definition) is 3. The summed E-state index contributed by atoms with van der Waals surface area (Å²) in [6.45, 7) is 4.48. The average Bonchev–Trinajstić information content (AvgIpc) is 2.93. The van der Waals surface area contributed by atoms with Crippen molar-refractivity contribution in [2.24, 2.45) is 0 Å². The Balaban J connectivity index is 2.07. The van der Waals surface area contributed by atoms with E-state index in [1.807, 2.05) is 16.9 Å². The van der Waals surface area contributed by atoms with Crippen LogP contribution in [0.25, 0.3) is 0 Å². The van der Waals surface area contributed by atoms with Gasteiger partial charge in [0.2, 0.25) is 0 Å². The van der Waals surface area contributed by atoms with Gasteiger partial charge in [-0.3, -0.25) is 4.68 Å². The van der Waals surface area contributed by atoms with Crippen LogP contribution in [0.3, 0.4) is 0 Å². The summed E-state index contributed by atoms with van der Waals surface area (Å²) < 4.78 is 7.63. The summed E-state index contributed by atoms with van der Waals surface area (Å²) in [4.78, 5) is 0. The molecule has 0 saturated carbocycles. The van der Waals surface area contributed by atoms with E-state index in [4.69, 9.17) is 16.3 Å². The predicted octanol–water partition coefficient (Wildman–Crippen LogP) is 3.58. The molecule has 0 aliphatic rings. The first-order chi connectivity index (χ1) is 9.65. The lowest BCUT2D eigenvalue weighted by Crippen LogP contribution is -2.06. The van der Waals surface area contributed by atoms with Crippen molar-refractivity contribution in [1.82, 2.24) is 9.78 Å². The zero-order chi connectivity index (χ0) is 14.5. The molecule has 0 spiro atoms. The number of halogens is 1. The van der Waals surface area contributed by atoms with Crippen LogP contribution in [-0.2, 0) is 13.2 Å². The fourth-order valence-electron chi connectivity index (χ4n) is 1.87. The van der Waals surface area contributed by atoms with Gasteiger partial charge in [-0.1, -0.05) is 30.7 Å². The Morgan fingerprint density at radius 2 is 2.20 bits per heavy atom. The van der Waals surface area contributed by atoms with Crippen molar-refractivity contribution < 1.29 is 9.84 Å². The lowest BCUT2D eigenvalue weighted by molar-refractivity contribution is 0.257. The average molecular weight is 295 g/mol. The molecule has 0 amide bonds. The molecule has 108 valence electrons. The van der Waals surface area contributed by atoms with Crippen molar-refractivity contribution >= 4 is 11.6 Å². The minimum Gasteiger partial charge on any atom is -0.485 e. The quantitative estimate of drug-likeness (QED) is 0.886. The van der Waals surface area contributed by atoms with Crippen molar-refractivity contribution in [1.29, 1.82) is 0 Å². The number of benzene rings is 1. The van der Waals surface area contributed by atoms with Crippen LogP contribution >= 0.6 is 11.6 Å². The Morgan fingerprint density at radius 3 is 2.90 bits per heavy atom. The van der Waals surface area contributed by atoms with Crippen LogP contribution in [0.15, 0.2) is 30.5 Å². The number of rotatable bonds is 6. The Bertz CT molecular complexity index is 569. The van der Waals surface area contributed by atoms with Crippen molar-refractivity contribution in [2.75, 3.05) is 0 Å². The smallest absolute Gasteiger partial charge is 0.143 e. The largest absolute Gasteiger partial charge is 0.485 e. The molecule has 0 radical (unpaired) electrons. The molecule has 5 heteroatoms. The summed E-state index contributed by atoms with van der Waals surface area (Å²) in [5.74, 6) is 0.523. The second-order valence-electron chi connectivity index (χ2n) is 4.72. The van der Waals surface area contributed by atoms with Crippen molar-refractivity contribution in [3.05, 3.63) is 46.7 Å². The molecule has 1 aromatic carbocycles. The molecule has 1 atom stereocenters. The number of aromatic nitrogens is 2. The third-order valence-corrected chi connectivity index (χ3v) is 3.59. The van der Waals surface area contributed by atoms with E-state index in [-0.39, 0.29) is 6.61 Å². The first-order valence-corrected chi connectivity index (χ1v) is 7.08. The number of aliphatic hydroxyl groups excluding tert-OH is 1. The highest BCUT2D eigenvalue weighted by molar-refractivity contribution is 6.32. The Labute approximate surface area is 123 Å². The van der Waals surface area contributed by atoms with Gasteiger partial charge in [-0.2, -0.15) is 5.10 Å². The topological polar surface area (TPSA) is 47.3 Å². The van der Waals surface area contributed by atoms with Gasteiger partial charge in [-0.25, -0.2) is 0 Å². The monoisotopic (exact) mass is 294 g/mol. The van der Waals surface area contributed by atoms with E-state index in [0.29, 0.717) is 29.0 Å². The summed E-state index contributed by atoms with van der Waals surface area (Å²) >= 11 is 6.09. The SMILES string of the molecule is CCC(C)n1ccc(COc2c(Cl)cccc2CO)n1. The first-order valence-electron chi connectivity index (χ1n) is 6.70. The summed E-state index contributed by atoms with van der Waals surface area (Å²) in [6.07, 6.45) is 2.98. The maximum absolute atomic E-state index is 9.29. The van der Waals surface area contributed by atoms with E-state index in [1.54, 1.807) is 18.2 Å². The molecule has 2 aromatic rings. The molecule has 1 N–H and O–H groups in total. The zero-order valence-corrected chi connectivity index (χ0v) is 12.5. The standard InChI is InChI=1S/C15H19ClN2O2/c1-3-11(2)18-8-7-13(17-18)10-20-15-12(9-19)5-4-6-14(15)16/h4-8,11,19H,3,9-10H2,1-2H3. The Morgan fingerprint density at radius 1 is 1.40 bits per heavy atom. The molecule has 2 rings (SSSR count). The molecule has 0 aliphatic heterocycles. The van der Waals surface area contributed by atoms with Gasteiger partial charge in [-0.05, 0) is 25.5 Å². The van der Waals surface area contributed by atoms with Crippen LogP contribution in [-0.4, -0.2) is 14.9 Å². The molecule has 0 saturated heterocycles. The fourth-order valence-corrected chi connectivity index (χ4v) is 2.12. The van der Waals surface area contributed by atoms with Gasteiger partial charge in [0.15, 0.2) is 0 Å². The van der Waals surface area contributed by atoms with E-state index in [1.165, 1.54) is 0 Å². The molecule has 1 heterocycles. The highest BCUT2D eigenvalue weighted by Gasteiger charge is 2.10. The highest BCUT2D eigenvalue weighted by Crippen LogP contribution is 2.29. The van der Waals surface area contributed by atoms with Crippen LogP contribution in [0.4, 0.5) is 0 Å². The number of ether oxygens (including phenoxy) is 1. The van der Waals surface area contributed by atoms with Crippen LogP contribution in [0, 0.1) is 0 Å². The van der Waals surface area contributed by atoms with E-state index in [9.17, 15) is 5.11 Å². The third kappa shape index (κ3) is 3.32. The van der Waals surface area contributed by atoms with Gasteiger partial charge in [-0.15, -0.1) is 0 Å². The van der Waals surface area contributed by atoms with Crippen molar-refractivity contribution in [2.45, 2.75) is 39.5 Å². The fraction of sp³-hybridized carbons (Fsp3) is 0.400. The molecule has 0 aliphatic carbocycles. The van der Waals surface area contributed by atoms with E-state index in [0.717, 1.165) is 12.1 Å². The summed E-state index contributed by atoms with van der Waals surface area (Å²) in [5, 5.41) is 14.3. The van der Waals surface area contributed by atoms with Crippen LogP contribution < -0.4 is 4.74 Å². The number of hydrogen-bond donors (Lipinski definition) is 1. The second-order valence-corrected chi connectivity index (χ2v) is 5.13. The lowest BCUT2D eigenvalue weighted by atomic mass is 10.2. The summed E-state index contributed by atoms with van der Waals surface area (Å²) in [5.41, 5.74) is 1.52. The molecular formula is C15H19ClN2O2. The number of aliphatic hydroxyl groups is 1. The Hall–Kier alpha value is -1.52. The molecular weight excluding hydrogens is 276 g/mol. The maximum atomic E-state index is 9.29. The summed E-state index contributed by atoms with van der Waals surface area (Å²) in [6, 6.07) is 7.63. The minimum atomic E-state index is -0.1000. The van der Waals surface area contributed by atoms with Gasteiger partial charge in [0.1, 0.15) is 12.4 Å². The number of nitrogens with zero attached hydrogens (tertiary/aromatic N) is 2. The Kier molecular flexibility index (Phi) is 5.04. The van der Waals surface area contributed by atoms with Crippen LogP contribution in [0.2, 0.25) is 5.02 Å². The van der Waals surface area contributed by atoms with Gasteiger partial charge in [0.25, 0.3) is 0 Å². The molecule has 0 fully saturated rings. The van der Waals surface area contributed by atoms with Crippen molar-refractivity contribution in [3.8, 4) is 5.75 Å². The van der Waals surface area contributed by atoms with Gasteiger partial charge < -0.3 is 9.84 Å².